The Morgan fingerprint density at radius 2 is 1.70 bits per heavy atom. The molecule has 0 aromatic heterocycles. The van der Waals surface area contributed by atoms with Gasteiger partial charge in [0.1, 0.15) is 17.1 Å². The van der Waals surface area contributed by atoms with Gasteiger partial charge in [-0.1, -0.05) is 54.6 Å². The van der Waals surface area contributed by atoms with Crippen LogP contribution in [0.5, 0.6) is 5.75 Å². The van der Waals surface area contributed by atoms with E-state index in [2.05, 4.69) is 5.32 Å². The van der Waals surface area contributed by atoms with E-state index in [1.807, 2.05) is 12.1 Å². The number of benzene rings is 3. The second-order valence-corrected chi connectivity index (χ2v) is 9.26. The average Bonchev–Trinajstić information content (AvgIpc) is 2.81. The van der Waals surface area contributed by atoms with E-state index in [1.54, 1.807) is 24.3 Å². The summed E-state index contributed by atoms with van der Waals surface area (Å²) in [4.78, 5) is 24.8. The first-order valence-electron chi connectivity index (χ1n) is 10.9. The Kier molecular flexibility index (Phi) is 5.77. The molecule has 168 valence electrons. The monoisotopic (exact) mass is 481 g/mol. The van der Waals surface area contributed by atoms with Crippen LogP contribution >= 0.6 is 23.2 Å². The van der Waals surface area contributed by atoms with Crippen LogP contribution in [-0.4, -0.2) is 17.1 Å². The third-order valence-electron chi connectivity index (χ3n) is 6.22. The molecule has 1 fully saturated rings. The molecular formula is C26H21Cl2NO4. The Morgan fingerprint density at radius 3 is 2.42 bits per heavy atom. The lowest BCUT2D eigenvalue weighted by Crippen LogP contribution is -2.36. The highest BCUT2D eigenvalue weighted by Gasteiger charge is 2.21. The van der Waals surface area contributed by atoms with Gasteiger partial charge in [0, 0.05) is 40.3 Å². The van der Waals surface area contributed by atoms with Crippen LogP contribution in [0.15, 0.2) is 57.7 Å². The van der Waals surface area contributed by atoms with Crippen molar-refractivity contribution in [2.75, 3.05) is 0 Å². The van der Waals surface area contributed by atoms with Crippen LogP contribution in [0.25, 0.3) is 33.4 Å². The normalized spacial score (nSPS) is 14.6. The summed E-state index contributed by atoms with van der Waals surface area (Å²) in [5.41, 5.74) is 2.77. The first-order chi connectivity index (χ1) is 15.9. The molecule has 0 radical (unpaired) electrons. The van der Waals surface area contributed by atoms with E-state index < -0.39 is 0 Å². The second-order valence-electron chi connectivity index (χ2n) is 8.44. The first kappa shape index (κ1) is 21.8. The largest absolute Gasteiger partial charge is 0.506 e. The van der Waals surface area contributed by atoms with Crippen LogP contribution in [0.3, 0.4) is 0 Å². The van der Waals surface area contributed by atoms with Crippen molar-refractivity contribution in [2.24, 2.45) is 0 Å². The molecule has 7 heteroatoms. The number of hydrogen-bond acceptors (Lipinski definition) is 4. The van der Waals surface area contributed by atoms with Crippen LogP contribution in [0.1, 0.15) is 42.5 Å². The van der Waals surface area contributed by atoms with Gasteiger partial charge in [0.2, 0.25) is 5.43 Å². The van der Waals surface area contributed by atoms with Gasteiger partial charge in [-0.25, -0.2) is 0 Å². The van der Waals surface area contributed by atoms with Crippen molar-refractivity contribution in [1.29, 1.82) is 0 Å². The number of phenolic OH excluding ortho intramolecular Hbond substituents is 1. The minimum absolute atomic E-state index is 0.0756. The van der Waals surface area contributed by atoms with E-state index in [0.717, 1.165) is 36.8 Å². The van der Waals surface area contributed by atoms with Crippen molar-refractivity contribution in [2.45, 2.75) is 38.1 Å². The number of phenols is 1. The molecule has 1 heterocycles. The Labute approximate surface area is 200 Å². The van der Waals surface area contributed by atoms with Gasteiger partial charge in [0.15, 0.2) is 0 Å². The van der Waals surface area contributed by atoms with Gasteiger partial charge in [-0.05, 0) is 42.7 Å². The Balaban J connectivity index is 1.60. The molecule has 5 rings (SSSR count). The fourth-order valence-electron chi connectivity index (χ4n) is 4.52. The highest BCUT2D eigenvalue weighted by Crippen LogP contribution is 2.43. The Bertz CT molecular complexity index is 1390. The lowest BCUT2D eigenvalue weighted by Gasteiger charge is -2.22. The minimum atomic E-state index is -0.355. The van der Waals surface area contributed by atoms with E-state index in [0.29, 0.717) is 27.9 Å². The zero-order valence-electron chi connectivity index (χ0n) is 17.7. The molecule has 1 saturated carbocycles. The summed E-state index contributed by atoms with van der Waals surface area (Å²) < 4.78 is 5.89. The standard InChI is InChI=1S/C26H21Cl2NO4/c27-19-10-17-23(12-21(19)30)33-24-13-22(31)20(28)11-18(24)25(17)14-6-8-15(9-7-14)26(32)29-16-4-2-1-3-5-16/h6-13,16,30H,1-5H2,(H,29,32). The molecule has 1 amide bonds. The van der Waals surface area contributed by atoms with Crippen molar-refractivity contribution in [3.05, 3.63) is 74.4 Å². The van der Waals surface area contributed by atoms with Crippen molar-refractivity contribution in [3.8, 4) is 28.2 Å². The number of nitrogens with one attached hydrogen (secondary N) is 1. The molecule has 0 saturated heterocycles. The van der Waals surface area contributed by atoms with Gasteiger partial charge in [-0.2, -0.15) is 0 Å². The van der Waals surface area contributed by atoms with Crippen molar-refractivity contribution in [1.82, 2.24) is 5.32 Å². The summed E-state index contributed by atoms with van der Waals surface area (Å²) in [5.74, 6) is 0.134. The van der Waals surface area contributed by atoms with Gasteiger partial charge in [0.05, 0.1) is 10.0 Å². The average molecular weight is 482 g/mol. The Morgan fingerprint density at radius 1 is 0.970 bits per heavy atom. The molecule has 1 aliphatic heterocycles. The summed E-state index contributed by atoms with van der Waals surface area (Å²) in [7, 11) is 0. The maximum Gasteiger partial charge on any atom is 0.251 e. The number of fused-ring (bicyclic) bond motifs is 2. The predicted octanol–water partition coefficient (Wildman–Crippen LogP) is 6.64. The number of hydrogen-bond donors (Lipinski definition) is 2. The molecule has 0 atom stereocenters. The molecule has 2 aromatic rings. The SMILES string of the molecule is O=C(NC1CCCCC1)c1ccc(-c2c3cc(Cl)c(=O)cc-3oc3cc(O)c(Cl)cc23)cc1. The molecule has 0 spiro atoms. The van der Waals surface area contributed by atoms with Gasteiger partial charge in [-0.15, -0.1) is 0 Å². The molecular weight excluding hydrogens is 461 g/mol. The van der Waals surface area contributed by atoms with Crippen LogP contribution in [0.4, 0.5) is 0 Å². The van der Waals surface area contributed by atoms with Crippen LogP contribution < -0.4 is 10.7 Å². The first-order valence-corrected chi connectivity index (χ1v) is 11.7. The van der Waals surface area contributed by atoms with E-state index in [4.69, 9.17) is 27.6 Å². The summed E-state index contributed by atoms with van der Waals surface area (Å²) in [5, 5.41) is 14.1. The summed E-state index contributed by atoms with van der Waals surface area (Å²) in [6.07, 6.45) is 5.56. The van der Waals surface area contributed by atoms with Gasteiger partial charge < -0.3 is 14.8 Å². The number of carbonyl (C=O) groups excluding carboxylic acids is 1. The lowest BCUT2D eigenvalue weighted by molar-refractivity contribution is 0.0927. The lowest BCUT2D eigenvalue weighted by atomic mass is 9.92. The molecule has 33 heavy (non-hydrogen) atoms. The van der Waals surface area contributed by atoms with Crippen molar-refractivity contribution < 1.29 is 14.3 Å². The van der Waals surface area contributed by atoms with Crippen LogP contribution in [0, 0.1) is 0 Å². The molecule has 5 nitrogen and oxygen atoms in total. The van der Waals surface area contributed by atoms with E-state index in [1.165, 1.54) is 18.6 Å². The maximum absolute atomic E-state index is 12.7. The quantitative estimate of drug-likeness (QED) is 0.321. The highest BCUT2D eigenvalue weighted by molar-refractivity contribution is 6.33. The highest BCUT2D eigenvalue weighted by atomic mass is 35.5. The third kappa shape index (κ3) is 4.19. The summed E-state index contributed by atoms with van der Waals surface area (Å²) in [6.45, 7) is 0. The zero-order chi connectivity index (χ0) is 23.1. The second kappa shape index (κ2) is 8.73. The third-order valence-corrected chi connectivity index (χ3v) is 6.82. The molecule has 0 bridgehead atoms. The maximum atomic E-state index is 12.7. The van der Waals surface area contributed by atoms with Gasteiger partial charge in [-0.3, -0.25) is 9.59 Å². The minimum Gasteiger partial charge on any atom is -0.506 e. The predicted molar refractivity (Wildman–Crippen MR) is 131 cm³/mol. The number of carbonyl (C=O) groups is 1. The molecule has 2 aliphatic carbocycles. The summed E-state index contributed by atoms with van der Waals surface area (Å²) >= 11 is 12.3. The smallest absolute Gasteiger partial charge is 0.251 e. The number of rotatable bonds is 3. The number of amides is 1. The molecule has 2 aromatic carbocycles. The molecule has 3 aliphatic rings. The number of aromatic hydroxyl groups is 1. The zero-order valence-corrected chi connectivity index (χ0v) is 19.2. The molecule has 0 unspecified atom stereocenters. The number of halogens is 2. The van der Waals surface area contributed by atoms with Gasteiger partial charge in [0.25, 0.3) is 5.91 Å². The van der Waals surface area contributed by atoms with E-state index in [9.17, 15) is 14.7 Å². The van der Waals surface area contributed by atoms with E-state index >= 15 is 0 Å². The summed E-state index contributed by atoms with van der Waals surface area (Å²) in [6, 6.07) is 13.4. The topological polar surface area (TPSA) is 79.5 Å². The van der Waals surface area contributed by atoms with Crippen molar-refractivity contribution in [3.63, 3.8) is 0 Å². The van der Waals surface area contributed by atoms with Crippen LogP contribution in [-0.2, 0) is 0 Å². The van der Waals surface area contributed by atoms with Gasteiger partial charge >= 0.3 is 0 Å². The van der Waals surface area contributed by atoms with Crippen molar-refractivity contribution >= 4 is 40.1 Å². The Hall–Kier alpha value is -3.02. The van der Waals surface area contributed by atoms with Crippen LogP contribution in [0.2, 0.25) is 10.0 Å². The van der Waals surface area contributed by atoms with E-state index in [-0.39, 0.29) is 33.2 Å². The fraction of sp³-hybridized carbons (Fsp3) is 0.231. The molecule has 2 N–H and O–H groups in total. The fourth-order valence-corrected chi connectivity index (χ4v) is 4.84.